The number of hydrogen-bond donors (Lipinski definition) is 1. The molecule has 1 heterocycles. The maximum absolute atomic E-state index is 11.7. The molecule has 0 saturated heterocycles. The Labute approximate surface area is 112 Å². The first kappa shape index (κ1) is 14.6. The first-order valence-corrected chi connectivity index (χ1v) is 5.36. The molecule has 0 fully saturated rings. The number of nitrogens with two attached hydrogens (primary N) is 1. The van der Waals surface area contributed by atoms with E-state index in [2.05, 4.69) is 0 Å². The molecule has 1 aliphatic rings. The average Bonchev–Trinajstić information content (AvgIpc) is 2.37. The molecule has 2 rings (SSSR count). The van der Waals surface area contributed by atoms with Crippen LogP contribution in [0.1, 0.15) is 28.4 Å². The van der Waals surface area contributed by atoms with Crippen LogP contribution in [-0.4, -0.2) is 26.8 Å². The van der Waals surface area contributed by atoms with Crippen LogP contribution in [0.5, 0.6) is 11.5 Å². The van der Waals surface area contributed by atoms with Gasteiger partial charge in [0.25, 0.3) is 0 Å². The molecule has 0 radical (unpaired) electrons. The Morgan fingerprint density at radius 3 is 2.78 bits per heavy atom. The summed E-state index contributed by atoms with van der Waals surface area (Å²) in [6, 6.07) is 3.10. The fourth-order valence-corrected chi connectivity index (χ4v) is 1.98. The fraction of sp³-hybridized carbons (Fsp3) is 0.417. The molecule has 2 N–H and O–H groups in total. The molecule has 5 nitrogen and oxygen atoms in total. The molecule has 1 aromatic rings. The molecule has 0 bridgehead atoms. The van der Waals surface area contributed by atoms with E-state index in [4.69, 9.17) is 19.9 Å². The lowest BCUT2D eigenvalue weighted by molar-refractivity contribution is 0.0597. The number of ether oxygens (including phenoxy) is 3. The molecule has 6 heteroatoms. The monoisotopic (exact) mass is 273 g/mol. The number of esters is 1. The Kier molecular flexibility index (Phi) is 4.81. The van der Waals surface area contributed by atoms with Gasteiger partial charge in [0.2, 0.25) is 0 Å². The first-order valence-electron chi connectivity index (χ1n) is 5.36. The zero-order valence-corrected chi connectivity index (χ0v) is 11.1. The highest BCUT2D eigenvalue weighted by atomic mass is 35.5. The lowest BCUT2D eigenvalue weighted by atomic mass is 9.95. The van der Waals surface area contributed by atoms with Crippen LogP contribution in [0.2, 0.25) is 0 Å². The molecule has 1 aliphatic heterocycles. The van der Waals surface area contributed by atoms with Crippen molar-refractivity contribution in [3.63, 3.8) is 0 Å². The summed E-state index contributed by atoms with van der Waals surface area (Å²) in [5.41, 5.74) is 7.13. The second-order valence-electron chi connectivity index (χ2n) is 3.79. The SMILES string of the molecule is COC(=O)c1ccc(OC)c2c1[C@@H](N)CCO2.Cl. The maximum atomic E-state index is 11.7. The van der Waals surface area contributed by atoms with Crippen molar-refractivity contribution in [1.82, 2.24) is 0 Å². The molecule has 18 heavy (non-hydrogen) atoms. The van der Waals surface area contributed by atoms with Gasteiger partial charge in [0.05, 0.1) is 26.4 Å². The summed E-state index contributed by atoms with van der Waals surface area (Å²) in [4.78, 5) is 11.7. The minimum Gasteiger partial charge on any atom is -0.493 e. The number of hydrogen-bond acceptors (Lipinski definition) is 5. The number of methoxy groups -OCH3 is 2. The Morgan fingerprint density at radius 1 is 1.44 bits per heavy atom. The zero-order valence-electron chi connectivity index (χ0n) is 10.3. The van der Waals surface area contributed by atoms with Gasteiger partial charge in [-0.05, 0) is 12.1 Å². The molecular formula is C12H16ClNO4. The normalized spacial score (nSPS) is 16.9. The van der Waals surface area contributed by atoms with E-state index in [9.17, 15) is 4.79 Å². The van der Waals surface area contributed by atoms with E-state index in [0.717, 1.165) is 0 Å². The number of carbonyl (C=O) groups is 1. The summed E-state index contributed by atoms with van der Waals surface area (Å²) in [6.07, 6.45) is 0.671. The van der Waals surface area contributed by atoms with E-state index in [1.807, 2.05) is 0 Å². The van der Waals surface area contributed by atoms with Crippen molar-refractivity contribution in [1.29, 1.82) is 0 Å². The van der Waals surface area contributed by atoms with Gasteiger partial charge >= 0.3 is 5.97 Å². The molecule has 0 unspecified atom stereocenters. The maximum Gasteiger partial charge on any atom is 0.338 e. The van der Waals surface area contributed by atoms with Crippen LogP contribution in [0.15, 0.2) is 12.1 Å². The molecular weight excluding hydrogens is 258 g/mol. The van der Waals surface area contributed by atoms with E-state index >= 15 is 0 Å². The molecule has 1 aromatic carbocycles. The fourth-order valence-electron chi connectivity index (χ4n) is 1.98. The van der Waals surface area contributed by atoms with Crippen molar-refractivity contribution in [2.24, 2.45) is 5.73 Å². The van der Waals surface area contributed by atoms with Gasteiger partial charge in [-0.15, -0.1) is 12.4 Å². The van der Waals surface area contributed by atoms with E-state index in [1.165, 1.54) is 7.11 Å². The quantitative estimate of drug-likeness (QED) is 0.830. The summed E-state index contributed by atoms with van der Waals surface area (Å²) in [5.74, 6) is 0.724. The zero-order chi connectivity index (χ0) is 12.4. The van der Waals surface area contributed by atoms with Gasteiger partial charge in [0.15, 0.2) is 11.5 Å². The van der Waals surface area contributed by atoms with Gasteiger partial charge in [-0.25, -0.2) is 4.79 Å². The Bertz CT molecular complexity index is 450. The van der Waals surface area contributed by atoms with Crippen molar-refractivity contribution in [2.75, 3.05) is 20.8 Å². The third-order valence-electron chi connectivity index (χ3n) is 2.83. The standard InChI is InChI=1S/C12H15NO4.ClH/c1-15-9-4-3-7(12(14)16-2)10-8(13)5-6-17-11(9)10;/h3-4,8H,5-6,13H2,1-2H3;1H/t8-;/m0./s1. The number of fused-ring (bicyclic) bond motifs is 1. The van der Waals surface area contributed by atoms with Crippen LogP contribution in [0.25, 0.3) is 0 Å². The van der Waals surface area contributed by atoms with Crippen LogP contribution < -0.4 is 15.2 Å². The number of rotatable bonds is 2. The van der Waals surface area contributed by atoms with Crippen molar-refractivity contribution >= 4 is 18.4 Å². The van der Waals surface area contributed by atoms with Gasteiger partial charge in [-0.1, -0.05) is 0 Å². The second kappa shape index (κ2) is 5.93. The number of halogens is 1. The summed E-state index contributed by atoms with van der Waals surface area (Å²) < 4.78 is 15.5. The predicted octanol–water partition coefficient (Wildman–Crippen LogP) is 1.69. The highest BCUT2D eigenvalue weighted by Gasteiger charge is 2.28. The highest BCUT2D eigenvalue weighted by molar-refractivity contribution is 5.92. The van der Waals surface area contributed by atoms with E-state index in [0.29, 0.717) is 35.7 Å². The van der Waals surface area contributed by atoms with Gasteiger partial charge in [0.1, 0.15) is 0 Å². The lowest BCUT2D eigenvalue weighted by Crippen LogP contribution is -2.24. The minimum atomic E-state index is -0.412. The molecule has 0 spiro atoms. The van der Waals surface area contributed by atoms with Crippen LogP contribution in [-0.2, 0) is 4.74 Å². The first-order chi connectivity index (χ1) is 8.19. The summed E-state index contributed by atoms with van der Waals surface area (Å²) in [7, 11) is 2.89. The third-order valence-corrected chi connectivity index (χ3v) is 2.83. The van der Waals surface area contributed by atoms with E-state index < -0.39 is 5.97 Å². The molecule has 0 aliphatic carbocycles. The predicted molar refractivity (Wildman–Crippen MR) is 68.6 cm³/mol. The molecule has 100 valence electrons. The molecule has 0 amide bonds. The van der Waals surface area contributed by atoms with E-state index in [-0.39, 0.29) is 18.4 Å². The molecule has 1 atom stereocenters. The minimum absolute atomic E-state index is 0. The highest BCUT2D eigenvalue weighted by Crippen LogP contribution is 2.40. The number of benzene rings is 1. The summed E-state index contributed by atoms with van der Waals surface area (Å²) >= 11 is 0. The third kappa shape index (κ3) is 2.37. The second-order valence-corrected chi connectivity index (χ2v) is 3.79. The summed E-state index contributed by atoms with van der Waals surface area (Å²) in [6.45, 7) is 0.523. The largest absolute Gasteiger partial charge is 0.493 e. The van der Waals surface area contributed by atoms with Crippen LogP contribution in [0.4, 0.5) is 0 Å². The van der Waals surface area contributed by atoms with E-state index in [1.54, 1.807) is 19.2 Å². The molecule has 0 aromatic heterocycles. The van der Waals surface area contributed by atoms with Crippen molar-refractivity contribution < 1.29 is 19.0 Å². The average molecular weight is 274 g/mol. The lowest BCUT2D eigenvalue weighted by Gasteiger charge is -2.26. The van der Waals surface area contributed by atoms with Crippen molar-refractivity contribution in [3.8, 4) is 11.5 Å². The van der Waals surface area contributed by atoms with Crippen LogP contribution in [0, 0.1) is 0 Å². The van der Waals surface area contributed by atoms with Gasteiger partial charge < -0.3 is 19.9 Å². The Hall–Kier alpha value is -1.46. The Morgan fingerprint density at radius 2 is 2.17 bits per heavy atom. The van der Waals surface area contributed by atoms with Crippen LogP contribution >= 0.6 is 12.4 Å². The smallest absolute Gasteiger partial charge is 0.338 e. The summed E-state index contributed by atoms with van der Waals surface area (Å²) in [5, 5.41) is 0. The molecule has 0 saturated carbocycles. The van der Waals surface area contributed by atoms with Gasteiger partial charge in [-0.3, -0.25) is 0 Å². The van der Waals surface area contributed by atoms with Gasteiger partial charge in [-0.2, -0.15) is 0 Å². The Balaban J connectivity index is 0.00000162. The van der Waals surface area contributed by atoms with Crippen LogP contribution in [0.3, 0.4) is 0 Å². The van der Waals surface area contributed by atoms with Crippen molar-refractivity contribution in [2.45, 2.75) is 12.5 Å². The topological polar surface area (TPSA) is 70.8 Å². The van der Waals surface area contributed by atoms with Gasteiger partial charge in [0, 0.05) is 18.0 Å². The van der Waals surface area contributed by atoms with Crippen molar-refractivity contribution in [3.05, 3.63) is 23.3 Å². The number of carbonyl (C=O) groups excluding carboxylic acids is 1.